The van der Waals surface area contributed by atoms with Crippen LogP contribution in [-0.4, -0.2) is 41.6 Å². The van der Waals surface area contributed by atoms with Gasteiger partial charge >= 0.3 is 5.97 Å². The Bertz CT molecular complexity index is 701. The van der Waals surface area contributed by atoms with E-state index in [1.54, 1.807) is 6.92 Å². The molecule has 0 aliphatic carbocycles. The van der Waals surface area contributed by atoms with Crippen molar-refractivity contribution in [3.8, 4) is 0 Å². The van der Waals surface area contributed by atoms with Gasteiger partial charge in [0.15, 0.2) is 0 Å². The van der Waals surface area contributed by atoms with Gasteiger partial charge in [0.25, 0.3) is 0 Å². The molecule has 1 aromatic carbocycles. The largest absolute Gasteiger partial charge is 0.466 e. The first-order valence-electron chi connectivity index (χ1n) is 8.46. The van der Waals surface area contributed by atoms with Crippen LogP contribution < -0.4 is 0 Å². The average molecular weight is 327 g/mol. The number of benzene rings is 1. The predicted octanol–water partition coefficient (Wildman–Crippen LogP) is 2.09. The summed E-state index contributed by atoms with van der Waals surface area (Å²) in [6.07, 6.45) is 3.53. The second-order valence-electron chi connectivity index (χ2n) is 6.70. The Balaban J connectivity index is 1.64. The van der Waals surface area contributed by atoms with E-state index in [1.165, 1.54) is 0 Å². The fourth-order valence-corrected chi connectivity index (χ4v) is 4.27. The second-order valence-corrected chi connectivity index (χ2v) is 6.70. The first kappa shape index (κ1) is 15.4. The highest BCUT2D eigenvalue weighted by molar-refractivity contribution is 5.91. The maximum Gasteiger partial charge on any atom is 0.312 e. The molecule has 2 bridgehead atoms. The van der Waals surface area contributed by atoms with E-state index in [0.717, 1.165) is 5.56 Å². The molecular weight excluding hydrogens is 306 g/mol. The Kier molecular flexibility index (Phi) is 3.49. The topological polar surface area (TPSA) is 55.8 Å². The molecule has 1 amide bonds. The molecule has 0 radical (unpaired) electrons. The highest BCUT2D eigenvalue weighted by atomic mass is 16.6. The molecule has 0 N–H and O–H groups in total. The van der Waals surface area contributed by atoms with E-state index < -0.39 is 17.4 Å². The number of carbonyl (C=O) groups is 2. The monoisotopic (exact) mass is 327 g/mol. The lowest BCUT2D eigenvalue weighted by Crippen LogP contribution is -2.40. The first-order valence-corrected chi connectivity index (χ1v) is 8.46. The minimum Gasteiger partial charge on any atom is -0.466 e. The van der Waals surface area contributed by atoms with Gasteiger partial charge in [-0.25, -0.2) is 0 Å². The van der Waals surface area contributed by atoms with Gasteiger partial charge in [0.05, 0.1) is 31.2 Å². The van der Waals surface area contributed by atoms with Crippen LogP contribution in [0.2, 0.25) is 0 Å². The molecule has 5 nitrogen and oxygen atoms in total. The van der Waals surface area contributed by atoms with Crippen LogP contribution in [-0.2, 0) is 19.1 Å². The SMILES string of the molecule is CCOC(=O)[C@H]1[C@H]2C=C[C@@]3(CN([C@@H](C)c4ccccc4)C(=O)[C@@H]13)O2. The Morgan fingerprint density at radius 2 is 2.17 bits per heavy atom. The minimum atomic E-state index is -0.678. The lowest BCUT2D eigenvalue weighted by atomic mass is 9.77. The summed E-state index contributed by atoms with van der Waals surface area (Å²) in [5, 5.41) is 0. The third-order valence-corrected chi connectivity index (χ3v) is 5.44. The van der Waals surface area contributed by atoms with E-state index >= 15 is 0 Å². The molecule has 0 saturated carbocycles. The van der Waals surface area contributed by atoms with Crippen molar-refractivity contribution in [1.29, 1.82) is 0 Å². The molecule has 126 valence electrons. The van der Waals surface area contributed by atoms with E-state index in [1.807, 2.05) is 54.3 Å². The number of rotatable bonds is 4. The molecule has 5 atom stereocenters. The van der Waals surface area contributed by atoms with Gasteiger partial charge in [-0.15, -0.1) is 0 Å². The summed E-state index contributed by atoms with van der Waals surface area (Å²) in [7, 11) is 0. The van der Waals surface area contributed by atoms with Gasteiger partial charge in [0.1, 0.15) is 11.5 Å². The Labute approximate surface area is 141 Å². The van der Waals surface area contributed by atoms with Crippen molar-refractivity contribution in [3.63, 3.8) is 0 Å². The summed E-state index contributed by atoms with van der Waals surface area (Å²) in [4.78, 5) is 27.3. The van der Waals surface area contributed by atoms with Crippen molar-refractivity contribution in [2.75, 3.05) is 13.2 Å². The van der Waals surface area contributed by atoms with Gasteiger partial charge in [0.2, 0.25) is 5.91 Å². The van der Waals surface area contributed by atoms with Crippen LogP contribution >= 0.6 is 0 Å². The summed E-state index contributed by atoms with van der Waals surface area (Å²) >= 11 is 0. The average Bonchev–Trinajstić information content (AvgIpc) is 3.23. The van der Waals surface area contributed by atoms with Crippen molar-refractivity contribution in [1.82, 2.24) is 4.90 Å². The molecule has 2 saturated heterocycles. The van der Waals surface area contributed by atoms with E-state index in [9.17, 15) is 9.59 Å². The zero-order valence-electron chi connectivity index (χ0n) is 13.8. The number of ether oxygens (including phenoxy) is 2. The van der Waals surface area contributed by atoms with E-state index in [2.05, 4.69) is 0 Å². The zero-order chi connectivity index (χ0) is 16.9. The number of nitrogens with zero attached hydrogens (tertiary/aromatic N) is 1. The molecule has 2 fully saturated rings. The molecule has 4 rings (SSSR count). The van der Waals surface area contributed by atoms with E-state index in [4.69, 9.17) is 9.47 Å². The smallest absolute Gasteiger partial charge is 0.312 e. The van der Waals surface area contributed by atoms with Gasteiger partial charge in [0, 0.05) is 0 Å². The quantitative estimate of drug-likeness (QED) is 0.628. The van der Waals surface area contributed by atoms with Crippen LogP contribution in [0.4, 0.5) is 0 Å². The highest BCUT2D eigenvalue weighted by Crippen LogP contribution is 2.53. The van der Waals surface area contributed by atoms with E-state index in [-0.39, 0.29) is 24.0 Å². The van der Waals surface area contributed by atoms with Crippen LogP contribution in [0.1, 0.15) is 25.5 Å². The summed E-state index contributed by atoms with van der Waals surface area (Å²) in [6, 6.07) is 9.86. The molecule has 0 unspecified atom stereocenters. The van der Waals surface area contributed by atoms with Crippen molar-refractivity contribution in [2.24, 2.45) is 11.8 Å². The molecule has 1 spiro atoms. The standard InChI is InChI=1S/C19H21NO4/c1-3-23-18(22)15-14-9-10-19(24-14)11-20(17(21)16(15)19)12(2)13-7-5-4-6-8-13/h4-10,12,14-16H,3,11H2,1-2H3/t12-,14+,15-,16+,19-/m0/s1. The predicted molar refractivity (Wildman–Crippen MR) is 86.9 cm³/mol. The normalized spacial score (nSPS) is 34.5. The van der Waals surface area contributed by atoms with Crippen LogP contribution in [0.25, 0.3) is 0 Å². The fraction of sp³-hybridized carbons (Fsp3) is 0.474. The zero-order valence-corrected chi connectivity index (χ0v) is 13.8. The summed E-state index contributed by atoms with van der Waals surface area (Å²) in [5.74, 6) is -1.36. The first-order chi connectivity index (χ1) is 11.6. The Morgan fingerprint density at radius 1 is 1.42 bits per heavy atom. The molecule has 24 heavy (non-hydrogen) atoms. The number of esters is 1. The molecular formula is C19H21NO4. The summed E-state index contributed by atoms with van der Waals surface area (Å²) in [5.41, 5.74) is 0.399. The Morgan fingerprint density at radius 3 is 2.88 bits per heavy atom. The highest BCUT2D eigenvalue weighted by Gasteiger charge is 2.67. The Hall–Kier alpha value is -2.14. The maximum atomic E-state index is 13.1. The number of carbonyl (C=O) groups excluding carboxylic acids is 2. The van der Waals surface area contributed by atoms with Crippen LogP contribution in [0.15, 0.2) is 42.5 Å². The third kappa shape index (κ3) is 2.04. The molecule has 3 aliphatic heterocycles. The lowest BCUT2D eigenvalue weighted by molar-refractivity contribution is -0.153. The van der Waals surface area contributed by atoms with Crippen LogP contribution in [0, 0.1) is 11.8 Å². The number of amides is 1. The number of hydrogen-bond donors (Lipinski definition) is 0. The van der Waals surface area contributed by atoms with Crippen LogP contribution in [0.3, 0.4) is 0 Å². The summed E-state index contributed by atoms with van der Waals surface area (Å²) < 4.78 is 11.3. The van der Waals surface area contributed by atoms with Gasteiger partial charge in [-0.05, 0) is 19.4 Å². The number of hydrogen-bond acceptors (Lipinski definition) is 4. The van der Waals surface area contributed by atoms with Crippen molar-refractivity contribution in [3.05, 3.63) is 48.0 Å². The third-order valence-electron chi connectivity index (χ3n) is 5.44. The molecule has 1 aromatic rings. The molecule has 3 heterocycles. The number of likely N-dealkylation sites (tertiary alicyclic amines) is 1. The minimum absolute atomic E-state index is 0.0174. The fourth-order valence-electron chi connectivity index (χ4n) is 4.27. The van der Waals surface area contributed by atoms with E-state index in [0.29, 0.717) is 13.2 Å². The molecule has 0 aromatic heterocycles. The van der Waals surface area contributed by atoms with Gasteiger partial charge < -0.3 is 14.4 Å². The van der Waals surface area contributed by atoms with Gasteiger partial charge in [-0.3, -0.25) is 9.59 Å². The van der Waals surface area contributed by atoms with Crippen LogP contribution in [0.5, 0.6) is 0 Å². The van der Waals surface area contributed by atoms with Crippen molar-refractivity contribution in [2.45, 2.75) is 31.6 Å². The number of fused-ring (bicyclic) bond motifs is 1. The summed E-state index contributed by atoms with van der Waals surface area (Å²) in [6.45, 7) is 4.58. The van der Waals surface area contributed by atoms with Gasteiger partial charge in [-0.1, -0.05) is 42.5 Å². The lowest BCUT2D eigenvalue weighted by Gasteiger charge is -2.27. The van der Waals surface area contributed by atoms with Crippen molar-refractivity contribution >= 4 is 11.9 Å². The second kappa shape index (κ2) is 5.45. The molecule has 3 aliphatic rings. The molecule has 5 heteroatoms. The maximum absolute atomic E-state index is 13.1. The van der Waals surface area contributed by atoms with Gasteiger partial charge in [-0.2, -0.15) is 0 Å². The van der Waals surface area contributed by atoms with Crippen molar-refractivity contribution < 1.29 is 19.1 Å².